The third-order valence-corrected chi connectivity index (χ3v) is 3.09. The van der Waals surface area contributed by atoms with Crippen LogP contribution in [0.1, 0.15) is 36.5 Å². The van der Waals surface area contributed by atoms with Crippen LogP contribution in [0.15, 0.2) is 18.2 Å². The molecule has 1 aromatic rings. The van der Waals surface area contributed by atoms with Gasteiger partial charge in [-0.25, -0.2) is 0 Å². The van der Waals surface area contributed by atoms with Crippen LogP contribution < -0.4 is 0 Å². The SMILES string of the molecule is CCc1cc(C(C)C=O)ccc1CBr. The summed E-state index contributed by atoms with van der Waals surface area (Å²) < 4.78 is 0. The molecular formula is C12H15BrO. The molecule has 14 heavy (non-hydrogen) atoms. The van der Waals surface area contributed by atoms with Gasteiger partial charge in [-0.05, 0) is 23.1 Å². The highest BCUT2D eigenvalue weighted by Crippen LogP contribution is 2.20. The highest BCUT2D eigenvalue weighted by molar-refractivity contribution is 9.08. The van der Waals surface area contributed by atoms with Gasteiger partial charge in [-0.15, -0.1) is 0 Å². The fourth-order valence-electron chi connectivity index (χ4n) is 1.47. The molecule has 0 fully saturated rings. The molecule has 0 aliphatic carbocycles. The van der Waals surface area contributed by atoms with Crippen molar-refractivity contribution in [2.75, 3.05) is 0 Å². The molecule has 0 amide bonds. The van der Waals surface area contributed by atoms with E-state index in [1.165, 1.54) is 11.1 Å². The van der Waals surface area contributed by atoms with E-state index in [-0.39, 0.29) is 5.92 Å². The Kier molecular flexibility index (Phi) is 4.33. The summed E-state index contributed by atoms with van der Waals surface area (Å²) in [7, 11) is 0. The second kappa shape index (κ2) is 5.30. The molecule has 0 aliphatic heterocycles. The Morgan fingerprint density at radius 3 is 2.64 bits per heavy atom. The van der Waals surface area contributed by atoms with Crippen molar-refractivity contribution < 1.29 is 4.79 Å². The molecule has 1 aromatic carbocycles. The number of carbonyl (C=O) groups is 1. The molecule has 0 aliphatic rings. The van der Waals surface area contributed by atoms with Gasteiger partial charge in [0.15, 0.2) is 0 Å². The van der Waals surface area contributed by atoms with E-state index < -0.39 is 0 Å². The summed E-state index contributed by atoms with van der Waals surface area (Å²) in [5, 5.41) is 0.881. The quantitative estimate of drug-likeness (QED) is 0.595. The van der Waals surface area contributed by atoms with Crippen molar-refractivity contribution >= 4 is 22.2 Å². The lowest BCUT2D eigenvalue weighted by Gasteiger charge is -2.09. The number of benzene rings is 1. The second-order valence-electron chi connectivity index (χ2n) is 3.44. The van der Waals surface area contributed by atoms with Crippen molar-refractivity contribution in [1.29, 1.82) is 0 Å². The Balaban J connectivity index is 3.06. The van der Waals surface area contributed by atoms with E-state index >= 15 is 0 Å². The molecule has 1 unspecified atom stereocenters. The summed E-state index contributed by atoms with van der Waals surface area (Å²) in [6, 6.07) is 6.27. The predicted octanol–water partition coefficient (Wildman–Crippen LogP) is 3.45. The van der Waals surface area contributed by atoms with Crippen LogP contribution in [0.3, 0.4) is 0 Å². The van der Waals surface area contributed by atoms with Crippen LogP contribution in [0, 0.1) is 0 Å². The number of hydrogen-bond donors (Lipinski definition) is 0. The summed E-state index contributed by atoms with van der Waals surface area (Å²) in [5.41, 5.74) is 3.75. The van der Waals surface area contributed by atoms with Crippen molar-refractivity contribution in [3.63, 3.8) is 0 Å². The van der Waals surface area contributed by atoms with Gasteiger partial charge in [-0.2, -0.15) is 0 Å². The fraction of sp³-hybridized carbons (Fsp3) is 0.417. The molecule has 1 nitrogen and oxygen atoms in total. The smallest absolute Gasteiger partial charge is 0.127 e. The Morgan fingerprint density at radius 1 is 1.43 bits per heavy atom. The third kappa shape index (κ3) is 2.44. The van der Waals surface area contributed by atoms with Crippen molar-refractivity contribution in [1.82, 2.24) is 0 Å². The van der Waals surface area contributed by atoms with Gasteiger partial charge < -0.3 is 4.79 Å². The van der Waals surface area contributed by atoms with Crippen molar-refractivity contribution in [2.45, 2.75) is 31.5 Å². The first-order chi connectivity index (χ1) is 6.72. The summed E-state index contributed by atoms with van der Waals surface area (Å²) in [6.07, 6.45) is 2.00. The minimum Gasteiger partial charge on any atom is -0.303 e. The Bertz CT molecular complexity index is 320. The standard InChI is InChI=1S/C12H15BrO/c1-3-10-6-11(9(2)8-14)4-5-12(10)7-13/h4-6,8-9H,3,7H2,1-2H3. The first kappa shape index (κ1) is 11.4. The molecule has 0 bridgehead atoms. The van der Waals surface area contributed by atoms with Crippen molar-refractivity contribution in [3.8, 4) is 0 Å². The maximum absolute atomic E-state index is 10.7. The average molecular weight is 255 g/mol. The summed E-state index contributed by atoms with van der Waals surface area (Å²) in [4.78, 5) is 10.7. The zero-order valence-corrected chi connectivity index (χ0v) is 10.2. The number of alkyl halides is 1. The van der Waals surface area contributed by atoms with Crippen molar-refractivity contribution in [2.24, 2.45) is 0 Å². The topological polar surface area (TPSA) is 17.1 Å². The first-order valence-electron chi connectivity index (χ1n) is 4.85. The zero-order chi connectivity index (χ0) is 10.6. The zero-order valence-electron chi connectivity index (χ0n) is 8.59. The first-order valence-corrected chi connectivity index (χ1v) is 5.98. The summed E-state index contributed by atoms with van der Waals surface area (Å²) in [5.74, 6) is 0.00433. The Labute approximate surface area is 93.7 Å². The van der Waals surface area contributed by atoms with Gasteiger partial charge in [0.25, 0.3) is 0 Å². The van der Waals surface area contributed by atoms with Gasteiger partial charge in [-0.3, -0.25) is 0 Å². The van der Waals surface area contributed by atoms with Crippen LogP contribution in [0.4, 0.5) is 0 Å². The molecule has 0 saturated heterocycles. The van der Waals surface area contributed by atoms with Gasteiger partial charge >= 0.3 is 0 Å². The summed E-state index contributed by atoms with van der Waals surface area (Å²) in [6.45, 7) is 4.06. The maximum atomic E-state index is 10.7. The molecule has 0 N–H and O–H groups in total. The lowest BCUT2D eigenvalue weighted by molar-refractivity contribution is -0.108. The van der Waals surface area contributed by atoms with Gasteiger partial charge in [0.1, 0.15) is 6.29 Å². The van der Waals surface area contributed by atoms with E-state index in [4.69, 9.17) is 0 Å². The van der Waals surface area contributed by atoms with E-state index in [0.29, 0.717) is 0 Å². The molecule has 0 radical (unpaired) electrons. The monoisotopic (exact) mass is 254 g/mol. The number of halogens is 1. The van der Waals surface area contributed by atoms with Crippen LogP contribution >= 0.6 is 15.9 Å². The van der Waals surface area contributed by atoms with Gasteiger partial charge in [0, 0.05) is 11.2 Å². The number of rotatable bonds is 4. The van der Waals surface area contributed by atoms with Crippen LogP contribution in [0.5, 0.6) is 0 Å². The lowest BCUT2D eigenvalue weighted by Crippen LogP contribution is -1.98. The van der Waals surface area contributed by atoms with Crippen LogP contribution in [0.2, 0.25) is 0 Å². The van der Waals surface area contributed by atoms with E-state index in [0.717, 1.165) is 23.6 Å². The maximum Gasteiger partial charge on any atom is 0.127 e. The van der Waals surface area contributed by atoms with E-state index in [9.17, 15) is 4.79 Å². The fourth-order valence-corrected chi connectivity index (χ4v) is 2.01. The molecule has 1 atom stereocenters. The number of carbonyl (C=O) groups excluding carboxylic acids is 1. The third-order valence-electron chi connectivity index (χ3n) is 2.49. The van der Waals surface area contributed by atoms with E-state index in [1.807, 2.05) is 13.0 Å². The molecular weight excluding hydrogens is 240 g/mol. The van der Waals surface area contributed by atoms with Crippen LogP contribution in [-0.2, 0) is 16.5 Å². The van der Waals surface area contributed by atoms with Crippen LogP contribution in [-0.4, -0.2) is 6.29 Å². The summed E-state index contributed by atoms with van der Waals surface area (Å²) >= 11 is 3.46. The lowest BCUT2D eigenvalue weighted by atomic mass is 9.96. The minimum atomic E-state index is 0.00433. The van der Waals surface area contributed by atoms with Gasteiger partial charge in [-0.1, -0.05) is 48.0 Å². The van der Waals surface area contributed by atoms with Crippen LogP contribution in [0.25, 0.3) is 0 Å². The molecule has 0 spiro atoms. The number of hydrogen-bond acceptors (Lipinski definition) is 1. The minimum absolute atomic E-state index is 0.00433. The molecule has 0 heterocycles. The highest BCUT2D eigenvalue weighted by Gasteiger charge is 2.06. The molecule has 1 rings (SSSR count). The van der Waals surface area contributed by atoms with Gasteiger partial charge in [0.05, 0.1) is 0 Å². The average Bonchev–Trinajstić information content (AvgIpc) is 2.26. The van der Waals surface area contributed by atoms with E-state index in [1.54, 1.807) is 0 Å². The Morgan fingerprint density at radius 2 is 2.14 bits per heavy atom. The molecule has 2 heteroatoms. The second-order valence-corrected chi connectivity index (χ2v) is 4.00. The normalized spacial score (nSPS) is 12.5. The Hall–Kier alpha value is -0.630. The largest absolute Gasteiger partial charge is 0.303 e. The number of aldehydes is 1. The van der Waals surface area contributed by atoms with Crippen molar-refractivity contribution in [3.05, 3.63) is 34.9 Å². The highest BCUT2D eigenvalue weighted by atomic mass is 79.9. The predicted molar refractivity (Wildman–Crippen MR) is 62.9 cm³/mol. The molecule has 0 saturated carbocycles. The number of aryl methyl sites for hydroxylation is 1. The van der Waals surface area contributed by atoms with E-state index in [2.05, 4.69) is 35.0 Å². The molecule has 0 aromatic heterocycles. The molecule has 76 valence electrons. The van der Waals surface area contributed by atoms with Gasteiger partial charge in [0.2, 0.25) is 0 Å².